The van der Waals surface area contributed by atoms with Gasteiger partial charge in [-0.05, 0) is 11.6 Å². The van der Waals surface area contributed by atoms with Crippen molar-refractivity contribution in [3.8, 4) is 0 Å². The van der Waals surface area contributed by atoms with E-state index in [2.05, 4.69) is 10.2 Å². The Morgan fingerprint density at radius 3 is 2.76 bits per heavy atom. The van der Waals surface area contributed by atoms with Gasteiger partial charge in [-0.3, -0.25) is 0 Å². The Bertz CT molecular complexity index is 517. The SMILES string of the molecule is O=C(OCc1ccccc1)c1cnnc(Cl)c1. The second kappa shape index (κ2) is 5.41. The number of aromatic nitrogens is 2. The monoisotopic (exact) mass is 248 g/mol. The summed E-state index contributed by atoms with van der Waals surface area (Å²) in [4.78, 5) is 11.6. The Labute approximate surface area is 103 Å². The molecule has 1 aromatic carbocycles. The maximum Gasteiger partial charge on any atom is 0.340 e. The van der Waals surface area contributed by atoms with Gasteiger partial charge in [-0.1, -0.05) is 41.9 Å². The lowest BCUT2D eigenvalue weighted by molar-refractivity contribution is 0.0472. The van der Waals surface area contributed by atoms with E-state index in [9.17, 15) is 4.79 Å². The number of benzene rings is 1. The molecule has 0 fully saturated rings. The van der Waals surface area contributed by atoms with Crippen LogP contribution in [0.4, 0.5) is 0 Å². The van der Waals surface area contributed by atoms with Crippen LogP contribution in [0.3, 0.4) is 0 Å². The van der Waals surface area contributed by atoms with Crippen LogP contribution in [0.5, 0.6) is 0 Å². The third-order valence-corrected chi connectivity index (χ3v) is 2.26. The Hall–Kier alpha value is -1.94. The van der Waals surface area contributed by atoms with Gasteiger partial charge in [0, 0.05) is 0 Å². The van der Waals surface area contributed by atoms with E-state index in [1.807, 2.05) is 30.3 Å². The van der Waals surface area contributed by atoms with E-state index in [1.54, 1.807) is 0 Å². The summed E-state index contributed by atoms with van der Waals surface area (Å²) < 4.78 is 5.10. The van der Waals surface area contributed by atoms with Crippen molar-refractivity contribution in [3.05, 3.63) is 58.9 Å². The summed E-state index contributed by atoms with van der Waals surface area (Å²) in [6, 6.07) is 10.8. The molecule has 0 saturated carbocycles. The minimum Gasteiger partial charge on any atom is -0.457 e. The smallest absolute Gasteiger partial charge is 0.340 e. The molecule has 0 aliphatic heterocycles. The van der Waals surface area contributed by atoms with Crippen LogP contribution in [0.2, 0.25) is 5.15 Å². The van der Waals surface area contributed by atoms with Gasteiger partial charge in [0.05, 0.1) is 11.8 Å². The number of rotatable bonds is 3. The van der Waals surface area contributed by atoms with Crippen molar-refractivity contribution in [2.24, 2.45) is 0 Å². The summed E-state index contributed by atoms with van der Waals surface area (Å²) >= 11 is 5.62. The van der Waals surface area contributed by atoms with Crippen LogP contribution >= 0.6 is 11.6 Å². The van der Waals surface area contributed by atoms with Crippen molar-refractivity contribution in [1.29, 1.82) is 0 Å². The first kappa shape index (κ1) is 11.5. The molecule has 1 aromatic heterocycles. The van der Waals surface area contributed by atoms with Crippen LogP contribution in [-0.2, 0) is 11.3 Å². The molecule has 0 unspecified atom stereocenters. The number of halogens is 1. The van der Waals surface area contributed by atoms with Crippen LogP contribution in [0.25, 0.3) is 0 Å². The lowest BCUT2D eigenvalue weighted by atomic mass is 10.2. The van der Waals surface area contributed by atoms with Crippen LogP contribution in [0.15, 0.2) is 42.6 Å². The van der Waals surface area contributed by atoms with Crippen molar-refractivity contribution in [2.45, 2.75) is 6.61 Å². The first-order valence-corrected chi connectivity index (χ1v) is 5.33. The highest BCUT2D eigenvalue weighted by molar-refractivity contribution is 6.29. The predicted octanol–water partition coefficient (Wildman–Crippen LogP) is 2.49. The number of carbonyl (C=O) groups is 1. The molecular weight excluding hydrogens is 240 g/mol. The number of carbonyl (C=O) groups excluding carboxylic acids is 1. The molecule has 17 heavy (non-hydrogen) atoms. The van der Waals surface area contributed by atoms with Gasteiger partial charge in [0.2, 0.25) is 0 Å². The van der Waals surface area contributed by atoms with Crippen LogP contribution in [-0.4, -0.2) is 16.2 Å². The number of esters is 1. The zero-order valence-electron chi connectivity index (χ0n) is 8.84. The molecule has 0 aliphatic carbocycles. The second-order valence-electron chi connectivity index (χ2n) is 3.33. The summed E-state index contributed by atoms with van der Waals surface area (Å²) in [6.07, 6.45) is 1.32. The van der Waals surface area contributed by atoms with Crippen molar-refractivity contribution >= 4 is 17.6 Å². The average molecular weight is 249 g/mol. The second-order valence-corrected chi connectivity index (χ2v) is 3.72. The van der Waals surface area contributed by atoms with Gasteiger partial charge < -0.3 is 4.74 Å². The zero-order valence-corrected chi connectivity index (χ0v) is 9.59. The Balaban J connectivity index is 1.98. The number of hydrogen-bond acceptors (Lipinski definition) is 4. The molecule has 2 rings (SSSR count). The first-order chi connectivity index (χ1) is 8.25. The van der Waals surface area contributed by atoms with Gasteiger partial charge in [-0.15, -0.1) is 5.10 Å². The van der Waals surface area contributed by atoms with E-state index in [-0.39, 0.29) is 11.8 Å². The van der Waals surface area contributed by atoms with Gasteiger partial charge in [0.1, 0.15) is 6.61 Å². The molecule has 1 heterocycles. The third-order valence-electron chi connectivity index (χ3n) is 2.07. The van der Waals surface area contributed by atoms with E-state index in [1.165, 1.54) is 12.3 Å². The first-order valence-electron chi connectivity index (χ1n) is 4.95. The quantitative estimate of drug-likeness (QED) is 0.783. The van der Waals surface area contributed by atoms with Gasteiger partial charge in [0.15, 0.2) is 5.15 Å². The molecule has 5 heteroatoms. The molecule has 0 aliphatic rings. The number of nitrogens with zero attached hydrogens (tertiary/aromatic N) is 2. The lowest BCUT2D eigenvalue weighted by Crippen LogP contribution is -2.06. The summed E-state index contributed by atoms with van der Waals surface area (Å²) in [5, 5.41) is 7.29. The maximum absolute atomic E-state index is 11.6. The van der Waals surface area contributed by atoms with Crippen molar-refractivity contribution in [2.75, 3.05) is 0 Å². The van der Waals surface area contributed by atoms with E-state index in [0.717, 1.165) is 5.56 Å². The molecule has 86 valence electrons. The normalized spacial score (nSPS) is 9.94. The number of ether oxygens (including phenoxy) is 1. The molecular formula is C12H9ClN2O2. The largest absolute Gasteiger partial charge is 0.457 e. The Morgan fingerprint density at radius 1 is 1.29 bits per heavy atom. The fraction of sp³-hybridized carbons (Fsp3) is 0.0833. The molecule has 0 N–H and O–H groups in total. The molecule has 0 saturated heterocycles. The summed E-state index contributed by atoms with van der Waals surface area (Å²) in [5.41, 5.74) is 1.22. The van der Waals surface area contributed by atoms with Crippen LogP contribution < -0.4 is 0 Å². The maximum atomic E-state index is 11.6. The van der Waals surface area contributed by atoms with Crippen molar-refractivity contribution in [1.82, 2.24) is 10.2 Å². The molecule has 4 nitrogen and oxygen atoms in total. The molecule has 0 bridgehead atoms. The average Bonchev–Trinajstić information content (AvgIpc) is 2.37. The summed E-state index contributed by atoms with van der Waals surface area (Å²) in [6.45, 7) is 0.222. The topological polar surface area (TPSA) is 52.1 Å². The Morgan fingerprint density at radius 2 is 2.06 bits per heavy atom. The Kier molecular flexibility index (Phi) is 3.67. The van der Waals surface area contributed by atoms with E-state index < -0.39 is 5.97 Å². The highest BCUT2D eigenvalue weighted by atomic mass is 35.5. The fourth-order valence-electron chi connectivity index (χ4n) is 1.26. The van der Waals surface area contributed by atoms with Gasteiger partial charge >= 0.3 is 5.97 Å². The van der Waals surface area contributed by atoms with E-state index in [4.69, 9.17) is 16.3 Å². The third kappa shape index (κ3) is 3.26. The van der Waals surface area contributed by atoms with Gasteiger partial charge in [-0.2, -0.15) is 5.10 Å². The van der Waals surface area contributed by atoms with Gasteiger partial charge in [0.25, 0.3) is 0 Å². The van der Waals surface area contributed by atoms with Crippen molar-refractivity contribution in [3.63, 3.8) is 0 Å². The number of hydrogen-bond donors (Lipinski definition) is 0. The molecule has 0 spiro atoms. The van der Waals surface area contributed by atoms with Crippen molar-refractivity contribution < 1.29 is 9.53 Å². The highest BCUT2D eigenvalue weighted by Crippen LogP contribution is 2.08. The van der Waals surface area contributed by atoms with Gasteiger partial charge in [-0.25, -0.2) is 4.79 Å². The van der Waals surface area contributed by atoms with E-state index >= 15 is 0 Å². The summed E-state index contributed by atoms with van der Waals surface area (Å²) in [5.74, 6) is -0.467. The fourth-order valence-corrected chi connectivity index (χ4v) is 1.42. The van der Waals surface area contributed by atoms with Crippen LogP contribution in [0, 0.1) is 0 Å². The minimum absolute atomic E-state index is 0.166. The standard InChI is InChI=1S/C12H9ClN2O2/c13-11-6-10(7-14-15-11)12(16)17-8-9-4-2-1-3-5-9/h1-7H,8H2. The molecule has 0 atom stereocenters. The molecule has 2 aromatic rings. The highest BCUT2D eigenvalue weighted by Gasteiger charge is 2.08. The predicted molar refractivity (Wildman–Crippen MR) is 62.6 cm³/mol. The van der Waals surface area contributed by atoms with Crippen LogP contribution in [0.1, 0.15) is 15.9 Å². The minimum atomic E-state index is -0.467. The summed E-state index contributed by atoms with van der Waals surface area (Å²) in [7, 11) is 0. The zero-order chi connectivity index (χ0) is 12.1. The molecule has 0 amide bonds. The molecule has 0 radical (unpaired) electrons. The van der Waals surface area contributed by atoms with E-state index in [0.29, 0.717) is 5.56 Å². The lowest BCUT2D eigenvalue weighted by Gasteiger charge is -2.04.